The van der Waals surface area contributed by atoms with Crippen molar-refractivity contribution in [3.05, 3.63) is 12.7 Å². The van der Waals surface area contributed by atoms with Gasteiger partial charge in [-0.1, -0.05) is 65.9 Å². The number of urea groups is 1. The van der Waals surface area contributed by atoms with Gasteiger partial charge in [0.2, 0.25) is 17.6 Å². The van der Waals surface area contributed by atoms with E-state index in [9.17, 15) is 28.8 Å². The molecule has 1 saturated heterocycles. The van der Waals surface area contributed by atoms with Crippen molar-refractivity contribution < 1.29 is 28.8 Å². The number of carbonyl (C=O) groups excluding carboxylic acids is 6. The first-order valence-corrected chi connectivity index (χ1v) is 16.9. The fourth-order valence-electron chi connectivity index (χ4n) is 5.93. The zero-order valence-corrected chi connectivity index (χ0v) is 27.9. The molecule has 0 bridgehead atoms. The van der Waals surface area contributed by atoms with Gasteiger partial charge in [-0.3, -0.25) is 24.0 Å². The molecule has 45 heavy (non-hydrogen) atoms. The first kappa shape index (κ1) is 36.2. The summed E-state index contributed by atoms with van der Waals surface area (Å²) < 4.78 is 0. The van der Waals surface area contributed by atoms with E-state index in [0.717, 1.165) is 50.9 Å². The summed E-state index contributed by atoms with van der Waals surface area (Å²) in [6.07, 6.45) is 12.1. The van der Waals surface area contributed by atoms with Crippen LogP contribution < -0.4 is 21.3 Å². The Balaban J connectivity index is 0.00000127. The fourth-order valence-corrected chi connectivity index (χ4v) is 5.93. The molecule has 3 saturated carbocycles. The van der Waals surface area contributed by atoms with Crippen LogP contribution in [0, 0.1) is 23.2 Å². The molecule has 5 amide bonds. The molecular weight excluding hydrogens is 574 g/mol. The number of hydrogen-bond donors (Lipinski definition) is 4. The Morgan fingerprint density at radius 1 is 0.867 bits per heavy atom. The highest BCUT2D eigenvalue weighted by atomic mass is 16.2. The Labute approximate surface area is 268 Å². The predicted octanol–water partition coefficient (Wildman–Crippen LogP) is 3.41. The smallest absolute Gasteiger partial charge is 0.316 e. The van der Waals surface area contributed by atoms with Crippen LogP contribution in [0.1, 0.15) is 105 Å². The lowest BCUT2D eigenvalue weighted by molar-refractivity contribution is -0.143. The molecule has 0 spiro atoms. The first-order chi connectivity index (χ1) is 21.2. The largest absolute Gasteiger partial charge is 0.346 e. The summed E-state index contributed by atoms with van der Waals surface area (Å²) in [6, 6.07) is -4.00. The maximum Gasteiger partial charge on any atom is 0.316 e. The summed E-state index contributed by atoms with van der Waals surface area (Å²) in [6.45, 7) is 13.1. The molecule has 0 radical (unpaired) electrons. The van der Waals surface area contributed by atoms with Gasteiger partial charge in [-0.25, -0.2) is 4.79 Å². The average Bonchev–Trinajstić information content (AvgIpc) is 3.95. The maximum atomic E-state index is 13.8. The monoisotopic (exact) mass is 629 g/mol. The van der Waals surface area contributed by atoms with Gasteiger partial charge in [-0.15, -0.1) is 6.58 Å². The van der Waals surface area contributed by atoms with Crippen LogP contribution in [0.15, 0.2) is 12.7 Å². The van der Waals surface area contributed by atoms with Crippen molar-refractivity contribution in [1.82, 2.24) is 26.2 Å². The number of nitrogens with one attached hydrogen (secondary N) is 4. The topological polar surface area (TPSA) is 154 Å². The van der Waals surface area contributed by atoms with E-state index in [2.05, 4.69) is 34.8 Å². The highest BCUT2D eigenvalue weighted by molar-refractivity contribution is 6.38. The number of hydrogen-bond acceptors (Lipinski definition) is 6. The maximum absolute atomic E-state index is 13.8. The van der Waals surface area contributed by atoms with E-state index in [-0.39, 0.29) is 24.2 Å². The van der Waals surface area contributed by atoms with Crippen LogP contribution in [0.3, 0.4) is 0 Å². The number of ketones is 2. The van der Waals surface area contributed by atoms with Gasteiger partial charge in [0.1, 0.15) is 12.1 Å². The molecular formula is C34H55N5O6. The summed E-state index contributed by atoms with van der Waals surface area (Å²) in [5.74, 6) is -1.28. The van der Waals surface area contributed by atoms with Crippen molar-refractivity contribution >= 4 is 35.3 Å². The van der Waals surface area contributed by atoms with Crippen LogP contribution in [-0.4, -0.2) is 77.5 Å². The highest BCUT2D eigenvalue weighted by Crippen LogP contribution is 2.35. The average molecular weight is 630 g/mol. The van der Waals surface area contributed by atoms with Gasteiger partial charge in [-0.05, 0) is 62.7 Å². The number of Topliss-reactive ketones (excluding diaryl/α,β-unsaturated/α-hetero) is 2. The lowest BCUT2D eigenvalue weighted by atomic mass is 9.81. The third-order valence-corrected chi connectivity index (χ3v) is 9.17. The molecule has 4 N–H and O–H groups in total. The number of likely N-dealkylation sites (tertiary alicyclic amines) is 1. The lowest BCUT2D eigenvalue weighted by Gasteiger charge is -2.36. The third-order valence-electron chi connectivity index (χ3n) is 9.17. The van der Waals surface area contributed by atoms with E-state index in [1.807, 2.05) is 20.8 Å². The van der Waals surface area contributed by atoms with E-state index in [1.54, 1.807) is 0 Å². The molecule has 3 aliphatic carbocycles. The van der Waals surface area contributed by atoms with Crippen LogP contribution >= 0.6 is 0 Å². The van der Waals surface area contributed by atoms with Crippen molar-refractivity contribution in [2.24, 2.45) is 23.2 Å². The number of carbonyl (C=O) groups is 6. The van der Waals surface area contributed by atoms with Crippen LogP contribution in [0.25, 0.3) is 0 Å². The summed E-state index contributed by atoms with van der Waals surface area (Å²) in [4.78, 5) is 79.1. The van der Waals surface area contributed by atoms with E-state index < -0.39 is 59.1 Å². The Hall–Kier alpha value is -3.24. The molecule has 252 valence electrons. The Bertz CT molecular complexity index is 1100. The van der Waals surface area contributed by atoms with Crippen molar-refractivity contribution in [2.75, 3.05) is 13.1 Å². The first-order valence-electron chi connectivity index (χ1n) is 16.9. The van der Waals surface area contributed by atoms with Gasteiger partial charge in [0.25, 0.3) is 5.91 Å². The molecule has 0 aromatic carbocycles. The zero-order chi connectivity index (χ0) is 33.3. The SMILES string of the molecule is C=CCNC(=O)C(=O)C(C)NC(=O)C1CCCN1C(=O)C(NC(=O)NC(C(=O)C1CC1)C1CCCCC1)C(C)(C)C.CC1CC1. The lowest BCUT2D eigenvalue weighted by Crippen LogP contribution is -2.61. The van der Waals surface area contributed by atoms with Crippen LogP contribution in [0.4, 0.5) is 4.79 Å². The zero-order valence-electron chi connectivity index (χ0n) is 27.9. The Morgan fingerprint density at radius 2 is 1.49 bits per heavy atom. The van der Waals surface area contributed by atoms with E-state index in [4.69, 9.17) is 0 Å². The quantitative estimate of drug-likeness (QED) is 0.192. The minimum absolute atomic E-state index is 0.00785. The Kier molecular flexibility index (Phi) is 13.2. The molecule has 4 unspecified atom stereocenters. The molecule has 4 aliphatic rings. The third kappa shape index (κ3) is 11.0. The number of amides is 5. The molecule has 1 heterocycles. The number of nitrogens with zero attached hydrogens (tertiary/aromatic N) is 1. The van der Waals surface area contributed by atoms with E-state index in [0.29, 0.717) is 19.4 Å². The van der Waals surface area contributed by atoms with Crippen LogP contribution in [0.5, 0.6) is 0 Å². The van der Waals surface area contributed by atoms with Gasteiger partial charge in [0.05, 0.1) is 12.1 Å². The second-order valence-electron chi connectivity index (χ2n) is 14.4. The minimum atomic E-state index is -1.08. The van der Waals surface area contributed by atoms with Crippen molar-refractivity contribution in [1.29, 1.82) is 0 Å². The fraction of sp³-hybridized carbons (Fsp3) is 0.765. The van der Waals surface area contributed by atoms with Crippen molar-refractivity contribution in [3.63, 3.8) is 0 Å². The van der Waals surface area contributed by atoms with Gasteiger partial charge in [0.15, 0.2) is 5.78 Å². The second-order valence-corrected chi connectivity index (χ2v) is 14.4. The molecule has 11 nitrogen and oxygen atoms in total. The van der Waals surface area contributed by atoms with Gasteiger partial charge in [-0.2, -0.15) is 0 Å². The molecule has 4 rings (SSSR count). The Morgan fingerprint density at radius 3 is 2.02 bits per heavy atom. The van der Waals surface area contributed by atoms with Crippen molar-refractivity contribution in [3.8, 4) is 0 Å². The molecule has 0 aromatic rings. The minimum Gasteiger partial charge on any atom is -0.346 e. The second kappa shape index (κ2) is 16.4. The molecule has 4 atom stereocenters. The van der Waals surface area contributed by atoms with Gasteiger partial charge in [0, 0.05) is 19.0 Å². The van der Waals surface area contributed by atoms with Crippen LogP contribution in [0.2, 0.25) is 0 Å². The normalized spacial score (nSPS) is 22.1. The standard InChI is InChI=1S/C30H47N5O6.C4H8/c1-6-16-31-27(39)23(36)18(2)32-26(38)21-13-10-17-35(21)28(40)25(30(3,4)5)34-29(41)33-22(24(37)20-14-15-20)19-11-8-7-9-12-19;1-4-2-3-4/h6,18-22,25H,1,7-17H2,2-5H3,(H,31,39)(H,32,38)(H2,33,34,41);4H,2-3H2,1H3. The van der Waals surface area contributed by atoms with Crippen LogP contribution in [-0.2, 0) is 24.0 Å². The molecule has 1 aliphatic heterocycles. The summed E-state index contributed by atoms with van der Waals surface area (Å²) in [5, 5.41) is 10.7. The van der Waals surface area contributed by atoms with Crippen molar-refractivity contribution in [2.45, 2.75) is 129 Å². The summed E-state index contributed by atoms with van der Waals surface area (Å²) in [5.41, 5.74) is -0.689. The molecule has 11 heteroatoms. The number of rotatable bonds is 12. The summed E-state index contributed by atoms with van der Waals surface area (Å²) >= 11 is 0. The molecule has 4 fully saturated rings. The van der Waals surface area contributed by atoms with Gasteiger partial charge >= 0.3 is 6.03 Å². The molecule has 0 aromatic heterocycles. The van der Waals surface area contributed by atoms with E-state index >= 15 is 0 Å². The van der Waals surface area contributed by atoms with Gasteiger partial charge < -0.3 is 26.2 Å². The summed E-state index contributed by atoms with van der Waals surface area (Å²) in [7, 11) is 0. The highest BCUT2D eigenvalue weighted by Gasteiger charge is 2.44. The van der Waals surface area contributed by atoms with E-state index in [1.165, 1.54) is 30.7 Å². The predicted molar refractivity (Wildman–Crippen MR) is 172 cm³/mol.